The molecule has 27 heavy (non-hydrogen) atoms. The number of fused-ring (bicyclic) bond motifs is 1. The average molecular weight is 379 g/mol. The number of aromatic nitrogens is 2. The van der Waals surface area contributed by atoms with Crippen molar-refractivity contribution in [1.82, 2.24) is 14.5 Å². The van der Waals surface area contributed by atoms with Crippen LogP contribution in [0, 0.1) is 0 Å². The molecule has 0 unspecified atom stereocenters. The molecule has 0 spiro atoms. The molecular formula is C21H21N3O2S. The first kappa shape index (κ1) is 17.8. The summed E-state index contributed by atoms with van der Waals surface area (Å²) in [7, 11) is 0. The molecule has 1 fully saturated rings. The third-order valence-corrected chi connectivity index (χ3v) is 5.90. The Kier molecular flexibility index (Phi) is 4.99. The van der Waals surface area contributed by atoms with Crippen LogP contribution in [0.2, 0.25) is 0 Å². The van der Waals surface area contributed by atoms with Gasteiger partial charge in [-0.15, -0.1) is 11.8 Å². The van der Waals surface area contributed by atoms with Crippen molar-refractivity contribution in [2.45, 2.75) is 23.8 Å². The highest BCUT2D eigenvalue weighted by Gasteiger charge is 2.27. The molecule has 0 N–H and O–H groups in total. The predicted octanol–water partition coefficient (Wildman–Crippen LogP) is 3.60. The van der Waals surface area contributed by atoms with E-state index in [1.165, 1.54) is 0 Å². The maximum Gasteiger partial charge on any atom is 0.261 e. The molecule has 1 aliphatic heterocycles. The summed E-state index contributed by atoms with van der Waals surface area (Å²) >= 11 is 1.58. The van der Waals surface area contributed by atoms with Gasteiger partial charge in [-0.25, -0.2) is 4.98 Å². The molecule has 1 aliphatic rings. The summed E-state index contributed by atoms with van der Waals surface area (Å²) < 4.78 is 1.70. The Balaban J connectivity index is 1.63. The van der Waals surface area contributed by atoms with E-state index in [0.717, 1.165) is 23.3 Å². The van der Waals surface area contributed by atoms with Gasteiger partial charge in [-0.2, -0.15) is 0 Å². The summed E-state index contributed by atoms with van der Waals surface area (Å²) in [6.07, 6.45) is 5.34. The second-order valence-corrected chi connectivity index (χ2v) is 7.57. The van der Waals surface area contributed by atoms with Crippen molar-refractivity contribution < 1.29 is 4.79 Å². The third kappa shape index (κ3) is 3.37. The SMILES string of the molecule is CSc1ccccc1C(=O)N1CCC[C@@H](n2cnc3ccccc3c2=O)C1. The highest BCUT2D eigenvalue weighted by Crippen LogP contribution is 2.26. The first-order valence-electron chi connectivity index (χ1n) is 9.07. The highest BCUT2D eigenvalue weighted by molar-refractivity contribution is 7.98. The molecule has 4 rings (SSSR count). The van der Waals surface area contributed by atoms with Gasteiger partial charge in [-0.3, -0.25) is 14.2 Å². The molecule has 2 heterocycles. The van der Waals surface area contributed by atoms with Gasteiger partial charge in [0.15, 0.2) is 0 Å². The molecule has 0 radical (unpaired) electrons. The second kappa shape index (κ2) is 7.56. The van der Waals surface area contributed by atoms with Gasteiger partial charge in [0.2, 0.25) is 0 Å². The fourth-order valence-electron chi connectivity index (χ4n) is 3.70. The lowest BCUT2D eigenvalue weighted by atomic mass is 10.0. The van der Waals surface area contributed by atoms with Gasteiger partial charge >= 0.3 is 0 Å². The number of piperidine rings is 1. The lowest BCUT2D eigenvalue weighted by Crippen LogP contribution is -2.43. The summed E-state index contributed by atoms with van der Waals surface area (Å²) in [5.74, 6) is 0.0337. The van der Waals surface area contributed by atoms with E-state index in [1.54, 1.807) is 22.7 Å². The van der Waals surface area contributed by atoms with E-state index in [9.17, 15) is 9.59 Å². The van der Waals surface area contributed by atoms with Crippen LogP contribution in [-0.4, -0.2) is 39.7 Å². The van der Waals surface area contributed by atoms with Gasteiger partial charge in [0, 0.05) is 18.0 Å². The normalized spacial score (nSPS) is 17.2. The monoisotopic (exact) mass is 379 g/mol. The van der Waals surface area contributed by atoms with Gasteiger partial charge in [0.05, 0.1) is 28.8 Å². The Labute approximate surface area is 162 Å². The Morgan fingerprint density at radius 3 is 2.78 bits per heavy atom. The van der Waals surface area contributed by atoms with Crippen molar-refractivity contribution in [3.63, 3.8) is 0 Å². The first-order chi connectivity index (χ1) is 13.2. The third-order valence-electron chi connectivity index (χ3n) is 5.10. The second-order valence-electron chi connectivity index (χ2n) is 6.72. The number of rotatable bonds is 3. The number of hydrogen-bond acceptors (Lipinski definition) is 4. The number of amides is 1. The Bertz CT molecular complexity index is 1050. The van der Waals surface area contributed by atoms with E-state index in [-0.39, 0.29) is 17.5 Å². The van der Waals surface area contributed by atoms with Crippen LogP contribution in [0.3, 0.4) is 0 Å². The van der Waals surface area contributed by atoms with Crippen molar-refractivity contribution in [3.8, 4) is 0 Å². The smallest absolute Gasteiger partial charge is 0.261 e. The minimum absolute atomic E-state index is 0.0337. The Hall–Kier alpha value is -2.60. The number of hydrogen-bond donors (Lipinski definition) is 0. The lowest BCUT2D eigenvalue weighted by Gasteiger charge is -2.34. The van der Waals surface area contributed by atoms with Crippen molar-refractivity contribution in [1.29, 1.82) is 0 Å². The minimum Gasteiger partial charge on any atom is -0.337 e. The van der Waals surface area contributed by atoms with Gasteiger partial charge in [-0.05, 0) is 43.4 Å². The Morgan fingerprint density at radius 2 is 1.93 bits per heavy atom. The molecule has 6 heteroatoms. The number of carbonyl (C=O) groups is 1. The molecule has 3 aromatic rings. The van der Waals surface area contributed by atoms with E-state index >= 15 is 0 Å². The molecule has 2 aromatic carbocycles. The maximum atomic E-state index is 13.1. The molecule has 138 valence electrons. The zero-order valence-corrected chi connectivity index (χ0v) is 16.0. The van der Waals surface area contributed by atoms with Crippen LogP contribution in [0.15, 0.2) is 64.5 Å². The molecule has 0 bridgehead atoms. The largest absolute Gasteiger partial charge is 0.337 e. The number of thioether (sulfide) groups is 1. The first-order valence-corrected chi connectivity index (χ1v) is 10.3. The fourth-order valence-corrected chi connectivity index (χ4v) is 4.29. The highest BCUT2D eigenvalue weighted by atomic mass is 32.2. The summed E-state index contributed by atoms with van der Waals surface area (Å²) in [5, 5.41) is 0.621. The van der Waals surface area contributed by atoms with Gasteiger partial charge in [0.1, 0.15) is 0 Å². The van der Waals surface area contributed by atoms with E-state index in [0.29, 0.717) is 24.0 Å². The quantitative estimate of drug-likeness (QED) is 0.653. The van der Waals surface area contributed by atoms with Crippen LogP contribution in [0.25, 0.3) is 10.9 Å². The zero-order chi connectivity index (χ0) is 18.8. The number of carbonyl (C=O) groups excluding carboxylic acids is 1. The molecule has 0 aliphatic carbocycles. The summed E-state index contributed by atoms with van der Waals surface area (Å²) in [6, 6.07) is 15.0. The van der Waals surface area contributed by atoms with Crippen LogP contribution in [0.5, 0.6) is 0 Å². The summed E-state index contributed by atoms with van der Waals surface area (Å²) in [6.45, 7) is 1.25. The van der Waals surface area contributed by atoms with E-state index in [4.69, 9.17) is 0 Å². The van der Waals surface area contributed by atoms with Gasteiger partial charge in [-0.1, -0.05) is 24.3 Å². The summed E-state index contributed by atoms with van der Waals surface area (Å²) in [4.78, 5) is 33.2. The van der Waals surface area contributed by atoms with E-state index < -0.39 is 0 Å². The molecule has 1 amide bonds. The molecular weight excluding hydrogens is 358 g/mol. The number of nitrogens with zero attached hydrogens (tertiary/aromatic N) is 3. The number of para-hydroxylation sites is 1. The fraction of sp³-hybridized carbons (Fsp3) is 0.286. The zero-order valence-electron chi connectivity index (χ0n) is 15.2. The molecule has 1 saturated heterocycles. The van der Waals surface area contributed by atoms with Crippen LogP contribution in [0.1, 0.15) is 29.2 Å². The van der Waals surface area contributed by atoms with Crippen LogP contribution < -0.4 is 5.56 Å². The van der Waals surface area contributed by atoms with Crippen LogP contribution in [-0.2, 0) is 0 Å². The van der Waals surface area contributed by atoms with Crippen LogP contribution >= 0.6 is 11.8 Å². The minimum atomic E-state index is -0.0475. The molecule has 0 saturated carbocycles. The predicted molar refractivity (Wildman–Crippen MR) is 108 cm³/mol. The summed E-state index contributed by atoms with van der Waals surface area (Å²) in [5.41, 5.74) is 1.40. The van der Waals surface area contributed by atoms with E-state index in [1.807, 2.05) is 59.7 Å². The molecule has 5 nitrogen and oxygen atoms in total. The topological polar surface area (TPSA) is 55.2 Å². The van der Waals surface area contributed by atoms with Crippen molar-refractivity contribution in [3.05, 3.63) is 70.8 Å². The van der Waals surface area contributed by atoms with Gasteiger partial charge in [0.25, 0.3) is 11.5 Å². The molecule has 1 atom stereocenters. The van der Waals surface area contributed by atoms with Gasteiger partial charge < -0.3 is 4.90 Å². The van der Waals surface area contributed by atoms with Crippen molar-refractivity contribution in [2.75, 3.05) is 19.3 Å². The number of likely N-dealkylation sites (tertiary alicyclic amines) is 1. The lowest BCUT2D eigenvalue weighted by molar-refractivity contribution is 0.0674. The maximum absolute atomic E-state index is 13.1. The average Bonchev–Trinajstić information content (AvgIpc) is 2.73. The number of benzene rings is 2. The Morgan fingerprint density at radius 1 is 1.15 bits per heavy atom. The van der Waals surface area contributed by atoms with E-state index in [2.05, 4.69) is 4.98 Å². The van der Waals surface area contributed by atoms with Crippen LogP contribution in [0.4, 0.5) is 0 Å². The van der Waals surface area contributed by atoms with Crippen molar-refractivity contribution >= 4 is 28.6 Å². The van der Waals surface area contributed by atoms with Crippen molar-refractivity contribution in [2.24, 2.45) is 0 Å². The standard InChI is InChI=1S/C21H21N3O2S/c1-27-19-11-5-3-9-17(19)20(25)23-12-6-7-15(13-23)24-14-22-18-10-4-2-8-16(18)21(24)26/h2-5,8-11,14-15H,6-7,12-13H2,1H3/t15-/m1/s1. The molecule has 1 aromatic heterocycles.